The van der Waals surface area contributed by atoms with Gasteiger partial charge in [0.2, 0.25) is 0 Å². The summed E-state index contributed by atoms with van der Waals surface area (Å²) in [7, 11) is 0. The zero-order valence-corrected chi connectivity index (χ0v) is 6.43. The molecule has 2 nitrogen and oxygen atoms in total. The summed E-state index contributed by atoms with van der Waals surface area (Å²) < 4.78 is 0. The van der Waals surface area contributed by atoms with Gasteiger partial charge in [-0.2, -0.15) is 10.5 Å². The van der Waals surface area contributed by atoms with Crippen molar-refractivity contribution in [2.24, 2.45) is 0 Å². The van der Waals surface area contributed by atoms with Crippen LogP contribution in [0, 0.1) is 22.7 Å². The van der Waals surface area contributed by atoms with E-state index in [-0.39, 0.29) is 5.57 Å². The molecule has 0 radical (unpaired) electrons. The van der Waals surface area contributed by atoms with Crippen molar-refractivity contribution in [1.82, 2.24) is 0 Å². The van der Waals surface area contributed by atoms with Gasteiger partial charge in [0.25, 0.3) is 0 Å². The van der Waals surface area contributed by atoms with Gasteiger partial charge >= 0.3 is 0 Å². The van der Waals surface area contributed by atoms with Crippen LogP contribution in [0.4, 0.5) is 0 Å². The first-order chi connectivity index (χ1) is 5.38. The molecule has 0 N–H and O–H groups in total. The molecule has 0 aromatic carbocycles. The molecule has 3 heteroatoms. The molecule has 0 aromatic rings. The lowest BCUT2D eigenvalue weighted by molar-refractivity contribution is 1.46. The van der Waals surface area contributed by atoms with Crippen LogP contribution in [0.5, 0.6) is 0 Å². The molecule has 0 atom stereocenters. The van der Waals surface area contributed by atoms with E-state index in [2.05, 4.69) is 0 Å². The van der Waals surface area contributed by atoms with E-state index in [0.29, 0.717) is 0 Å². The SMILES string of the molecule is N#CC(C#N)=C1C=CC=CS1. The average Bonchev–Trinajstić information content (AvgIpc) is 2.09. The first kappa shape index (κ1) is 7.65. The predicted molar refractivity (Wildman–Crippen MR) is 44.1 cm³/mol. The van der Waals surface area contributed by atoms with Crippen LogP contribution >= 0.6 is 11.8 Å². The summed E-state index contributed by atoms with van der Waals surface area (Å²) in [5.41, 5.74) is 0.176. The number of rotatable bonds is 0. The molecule has 0 saturated carbocycles. The standard InChI is InChI=1S/C8H4N2S/c9-5-7(6-10)8-3-1-2-4-11-8/h1-4H. The summed E-state index contributed by atoms with van der Waals surface area (Å²) in [4.78, 5) is 0.720. The summed E-state index contributed by atoms with van der Waals surface area (Å²) in [6, 6.07) is 3.67. The van der Waals surface area contributed by atoms with Gasteiger partial charge in [0, 0.05) is 4.91 Å². The third-order valence-electron chi connectivity index (χ3n) is 1.10. The zero-order valence-electron chi connectivity index (χ0n) is 5.61. The van der Waals surface area contributed by atoms with Gasteiger partial charge in [-0.3, -0.25) is 0 Å². The molecule has 1 aliphatic heterocycles. The summed E-state index contributed by atoms with van der Waals surface area (Å²) in [6.45, 7) is 0. The van der Waals surface area contributed by atoms with E-state index < -0.39 is 0 Å². The van der Waals surface area contributed by atoms with Gasteiger partial charge in [-0.05, 0) is 11.5 Å². The number of nitriles is 2. The highest BCUT2D eigenvalue weighted by molar-refractivity contribution is 8.06. The van der Waals surface area contributed by atoms with E-state index in [1.807, 2.05) is 23.6 Å². The van der Waals surface area contributed by atoms with Crippen molar-refractivity contribution < 1.29 is 0 Å². The number of hydrogen-bond donors (Lipinski definition) is 0. The summed E-state index contributed by atoms with van der Waals surface area (Å²) >= 11 is 1.39. The average molecular weight is 160 g/mol. The molecule has 1 aliphatic rings. The van der Waals surface area contributed by atoms with Crippen molar-refractivity contribution in [3.63, 3.8) is 0 Å². The Balaban J connectivity index is 3.00. The molecule has 52 valence electrons. The fourth-order valence-corrected chi connectivity index (χ4v) is 1.30. The maximum absolute atomic E-state index is 8.48. The van der Waals surface area contributed by atoms with Gasteiger partial charge in [0.05, 0.1) is 0 Å². The quantitative estimate of drug-likeness (QED) is 0.510. The molecule has 0 saturated heterocycles. The maximum Gasteiger partial charge on any atom is 0.143 e. The molecular formula is C8H4N2S. The second-order valence-corrected chi connectivity index (χ2v) is 2.72. The maximum atomic E-state index is 8.48. The van der Waals surface area contributed by atoms with Crippen molar-refractivity contribution in [2.75, 3.05) is 0 Å². The third kappa shape index (κ3) is 1.73. The molecule has 1 heterocycles. The number of allylic oxidation sites excluding steroid dienone is 4. The lowest BCUT2D eigenvalue weighted by Crippen LogP contribution is -1.80. The van der Waals surface area contributed by atoms with Crippen molar-refractivity contribution >= 4 is 11.8 Å². The first-order valence-corrected chi connectivity index (χ1v) is 3.81. The molecule has 0 aromatic heterocycles. The number of hydrogen-bond acceptors (Lipinski definition) is 3. The fraction of sp³-hybridized carbons (Fsp3) is 0. The van der Waals surface area contributed by atoms with Gasteiger partial charge in [0.15, 0.2) is 0 Å². The van der Waals surface area contributed by atoms with Crippen LogP contribution in [-0.2, 0) is 0 Å². The normalized spacial score (nSPS) is 13.8. The Kier molecular flexibility index (Phi) is 2.54. The molecule has 0 fully saturated rings. The van der Waals surface area contributed by atoms with Crippen molar-refractivity contribution in [1.29, 1.82) is 10.5 Å². The Labute approximate surface area is 69.1 Å². The van der Waals surface area contributed by atoms with Crippen LogP contribution in [0.25, 0.3) is 0 Å². The van der Waals surface area contributed by atoms with E-state index in [1.54, 1.807) is 12.2 Å². The zero-order chi connectivity index (χ0) is 8.10. The Morgan fingerprint density at radius 2 is 2.00 bits per heavy atom. The van der Waals surface area contributed by atoms with Gasteiger partial charge in [0.1, 0.15) is 17.7 Å². The lowest BCUT2D eigenvalue weighted by Gasteiger charge is -1.98. The topological polar surface area (TPSA) is 47.6 Å². The van der Waals surface area contributed by atoms with Crippen LogP contribution in [0.2, 0.25) is 0 Å². The first-order valence-electron chi connectivity index (χ1n) is 2.93. The molecule has 0 aliphatic carbocycles. The molecule has 0 bridgehead atoms. The van der Waals surface area contributed by atoms with Crippen LogP contribution in [0.3, 0.4) is 0 Å². The highest BCUT2D eigenvalue weighted by Crippen LogP contribution is 2.24. The van der Waals surface area contributed by atoms with Gasteiger partial charge in [-0.1, -0.05) is 23.9 Å². The highest BCUT2D eigenvalue weighted by atomic mass is 32.2. The van der Waals surface area contributed by atoms with Crippen LogP contribution in [0.15, 0.2) is 34.1 Å². The largest absolute Gasteiger partial charge is 0.192 e. The highest BCUT2D eigenvalue weighted by Gasteiger charge is 2.02. The lowest BCUT2D eigenvalue weighted by atomic mass is 10.3. The third-order valence-corrected chi connectivity index (χ3v) is 1.99. The Hall–Kier alpha value is -1.45. The van der Waals surface area contributed by atoms with E-state index in [1.165, 1.54) is 11.8 Å². The molecule has 0 unspecified atom stereocenters. The summed E-state index contributed by atoms with van der Waals surface area (Å²) in [5, 5.41) is 18.8. The minimum Gasteiger partial charge on any atom is -0.192 e. The van der Waals surface area contributed by atoms with E-state index in [9.17, 15) is 0 Å². The molecule has 11 heavy (non-hydrogen) atoms. The van der Waals surface area contributed by atoms with Gasteiger partial charge in [-0.25, -0.2) is 0 Å². The van der Waals surface area contributed by atoms with Crippen LogP contribution in [0.1, 0.15) is 0 Å². The van der Waals surface area contributed by atoms with E-state index in [0.717, 1.165) is 4.91 Å². The summed E-state index contributed by atoms with van der Waals surface area (Å²) in [5.74, 6) is 0. The minimum atomic E-state index is 0.176. The Bertz CT molecular complexity index is 307. The van der Waals surface area contributed by atoms with Gasteiger partial charge < -0.3 is 0 Å². The molecule has 0 spiro atoms. The van der Waals surface area contributed by atoms with Gasteiger partial charge in [-0.15, -0.1) is 0 Å². The van der Waals surface area contributed by atoms with E-state index in [4.69, 9.17) is 10.5 Å². The smallest absolute Gasteiger partial charge is 0.143 e. The van der Waals surface area contributed by atoms with Crippen LogP contribution < -0.4 is 0 Å². The minimum absolute atomic E-state index is 0.176. The molecule has 1 rings (SSSR count). The Morgan fingerprint density at radius 3 is 2.45 bits per heavy atom. The Morgan fingerprint density at radius 1 is 1.27 bits per heavy atom. The summed E-state index contributed by atoms with van der Waals surface area (Å²) in [6.07, 6.45) is 5.42. The monoisotopic (exact) mass is 160 g/mol. The molecule has 0 amide bonds. The van der Waals surface area contributed by atoms with Crippen molar-refractivity contribution in [3.05, 3.63) is 34.1 Å². The van der Waals surface area contributed by atoms with Crippen molar-refractivity contribution in [2.45, 2.75) is 0 Å². The van der Waals surface area contributed by atoms with Crippen LogP contribution in [-0.4, -0.2) is 0 Å². The van der Waals surface area contributed by atoms with Crippen molar-refractivity contribution in [3.8, 4) is 12.1 Å². The predicted octanol–water partition coefficient (Wildman–Crippen LogP) is 2.10. The number of thioether (sulfide) groups is 1. The van der Waals surface area contributed by atoms with E-state index >= 15 is 0 Å². The second kappa shape index (κ2) is 3.65. The number of nitrogens with zero attached hydrogens (tertiary/aromatic N) is 2. The second-order valence-electron chi connectivity index (χ2n) is 1.77. The molecular weight excluding hydrogens is 156 g/mol. The fourth-order valence-electron chi connectivity index (χ4n) is 0.618.